The van der Waals surface area contributed by atoms with Gasteiger partial charge >= 0.3 is 0 Å². The van der Waals surface area contributed by atoms with Gasteiger partial charge in [0.15, 0.2) is 0 Å². The summed E-state index contributed by atoms with van der Waals surface area (Å²) >= 11 is 0. The van der Waals surface area contributed by atoms with E-state index in [0.717, 1.165) is 23.7 Å². The molecule has 1 aromatic rings. The molecule has 0 N–H and O–H groups in total. The standard InChI is InChI=1S/C26H46/c1-21(2)9-7-11-23(5)13-15-25-17-19-26(20-18-25)16-14-24(6)12-8-10-22(3)4/h17-24H,7-16H2,1-6H3/t23-,24-/m1/s1. The van der Waals surface area contributed by atoms with Gasteiger partial charge in [-0.1, -0.05) is 104 Å². The van der Waals surface area contributed by atoms with Crippen LogP contribution in [0.4, 0.5) is 0 Å². The molecule has 0 heteroatoms. The van der Waals surface area contributed by atoms with Crippen molar-refractivity contribution in [2.45, 2.75) is 106 Å². The Balaban J connectivity index is 2.22. The summed E-state index contributed by atoms with van der Waals surface area (Å²) in [4.78, 5) is 0. The fraction of sp³-hybridized carbons (Fsp3) is 0.769. The molecule has 0 fully saturated rings. The molecule has 0 saturated carbocycles. The molecule has 0 aliphatic carbocycles. The Bertz CT molecular complexity index is 397. The van der Waals surface area contributed by atoms with Gasteiger partial charge in [0.25, 0.3) is 0 Å². The van der Waals surface area contributed by atoms with E-state index in [1.165, 1.54) is 75.3 Å². The van der Waals surface area contributed by atoms with Gasteiger partial charge in [0, 0.05) is 0 Å². The summed E-state index contributed by atoms with van der Waals surface area (Å²) in [5, 5.41) is 0. The number of rotatable bonds is 14. The normalized spacial score (nSPS) is 14.2. The van der Waals surface area contributed by atoms with Gasteiger partial charge in [-0.15, -0.1) is 0 Å². The van der Waals surface area contributed by atoms with E-state index < -0.39 is 0 Å². The fourth-order valence-electron chi connectivity index (χ4n) is 3.74. The maximum Gasteiger partial charge on any atom is -0.0276 e. The lowest BCUT2D eigenvalue weighted by molar-refractivity contribution is 0.436. The Hall–Kier alpha value is -0.780. The minimum Gasteiger partial charge on any atom is -0.0628 e. The number of hydrogen-bond donors (Lipinski definition) is 0. The third-order valence-corrected chi connectivity index (χ3v) is 5.83. The Kier molecular flexibility index (Phi) is 12.0. The van der Waals surface area contributed by atoms with E-state index in [4.69, 9.17) is 0 Å². The Morgan fingerprint density at radius 3 is 1.15 bits per heavy atom. The molecule has 0 unspecified atom stereocenters. The SMILES string of the molecule is CC(C)CCC[C@@H](C)CCc1ccc(CC[C@H](C)CCCC(C)C)cc1. The topological polar surface area (TPSA) is 0 Å². The summed E-state index contributed by atoms with van der Waals surface area (Å²) in [7, 11) is 0. The number of benzene rings is 1. The second-order valence-electron chi connectivity index (χ2n) is 9.75. The molecule has 1 aromatic carbocycles. The molecular weight excluding hydrogens is 312 g/mol. The molecule has 0 aliphatic rings. The van der Waals surface area contributed by atoms with Crippen molar-refractivity contribution in [1.82, 2.24) is 0 Å². The molecule has 26 heavy (non-hydrogen) atoms. The molecule has 0 bridgehead atoms. The van der Waals surface area contributed by atoms with Crippen molar-refractivity contribution in [3.8, 4) is 0 Å². The highest BCUT2D eigenvalue weighted by Crippen LogP contribution is 2.20. The summed E-state index contributed by atoms with van der Waals surface area (Å²) in [6.07, 6.45) is 13.5. The van der Waals surface area contributed by atoms with Crippen LogP contribution in [-0.4, -0.2) is 0 Å². The average molecular weight is 359 g/mol. The van der Waals surface area contributed by atoms with E-state index in [9.17, 15) is 0 Å². The molecule has 0 saturated heterocycles. The van der Waals surface area contributed by atoms with E-state index in [1.807, 2.05) is 0 Å². The highest BCUT2D eigenvalue weighted by Gasteiger charge is 2.06. The number of hydrogen-bond acceptors (Lipinski definition) is 0. The lowest BCUT2D eigenvalue weighted by atomic mass is 9.92. The second-order valence-corrected chi connectivity index (χ2v) is 9.75. The molecule has 0 spiro atoms. The van der Waals surface area contributed by atoms with Crippen molar-refractivity contribution in [1.29, 1.82) is 0 Å². The highest BCUT2D eigenvalue weighted by molar-refractivity contribution is 5.22. The van der Waals surface area contributed by atoms with E-state index in [2.05, 4.69) is 65.8 Å². The molecule has 1 rings (SSSR count). The first-order valence-corrected chi connectivity index (χ1v) is 11.4. The third kappa shape index (κ3) is 11.8. The largest absolute Gasteiger partial charge is 0.0628 e. The highest BCUT2D eigenvalue weighted by atomic mass is 14.1. The molecule has 0 amide bonds. The van der Waals surface area contributed by atoms with Crippen molar-refractivity contribution in [2.75, 3.05) is 0 Å². The molecule has 0 heterocycles. The van der Waals surface area contributed by atoms with Gasteiger partial charge < -0.3 is 0 Å². The summed E-state index contributed by atoms with van der Waals surface area (Å²) in [6.45, 7) is 14.2. The molecule has 0 aromatic heterocycles. The lowest BCUT2D eigenvalue weighted by Crippen LogP contribution is -2.00. The van der Waals surface area contributed by atoms with E-state index in [1.54, 1.807) is 0 Å². The number of aryl methyl sites for hydroxylation is 2. The average Bonchev–Trinajstić information content (AvgIpc) is 2.58. The van der Waals surface area contributed by atoms with Crippen molar-refractivity contribution < 1.29 is 0 Å². The summed E-state index contributed by atoms with van der Waals surface area (Å²) in [5.41, 5.74) is 3.05. The van der Waals surface area contributed by atoms with Crippen molar-refractivity contribution in [2.24, 2.45) is 23.7 Å². The predicted octanol–water partition coefficient (Wildman–Crippen LogP) is 8.48. The Morgan fingerprint density at radius 2 is 0.846 bits per heavy atom. The van der Waals surface area contributed by atoms with E-state index in [-0.39, 0.29) is 0 Å². The van der Waals surface area contributed by atoms with Crippen LogP contribution in [0.1, 0.15) is 104 Å². The van der Waals surface area contributed by atoms with Gasteiger partial charge in [0.1, 0.15) is 0 Å². The summed E-state index contributed by atoms with van der Waals surface area (Å²) in [6, 6.07) is 9.50. The van der Waals surface area contributed by atoms with Gasteiger partial charge in [-0.3, -0.25) is 0 Å². The minimum absolute atomic E-state index is 0.854. The smallest absolute Gasteiger partial charge is 0.0276 e. The monoisotopic (exact) mass is 358 g/mol. The summed E-state index contributed by atoms with van der Waals surface area (Å²) in [5.74, 6) is 3.43. The zero-order valence-corrected chi connectivity index (χ0v) is 18.7. The van der Waals surface area contributed by atoms with Crippen molar-refractivity contribution in [3.63, 3.8) is 0 Å². The van der Waals surface area contributed by atoms with Crippen LogP contribution in [0.15, 0.2) is 24.3 Å². The van der Waals surface area contributed by atoms with Crippen LogP contribution in [0.5, 0.6) is 0 Å². The second kappa shape index (κ2) is 13.4. The molecule has 0 radical (unpaired) electrons. The van der Waals surface area contributed by atoms with Crippen LogP contribution in [-0.2, 0) is 12.8 Å². The van der Waals surface area contributed by atoms with Crippen molar-refractivity contribution >= 4 is 0 Å². The van der Waals surface area contributed by atoms with Gasteiger partial charge in [-0.2, -0.15) is 0 Å². The first kappa shape index (κ1) is 23.3. The molecular formula is C26H46. The van der Waals surface area contributed by atoms with Crippen LogP contribution >= 0.6 is 0 Å². The lowest BCUT2D eigenvalue weighted by Gasteiger charge is -2.13. The molecule has 0 aliphatic heterocycles. The quantitative estimate of drug-likeness (QED) is 0.313. The van der Waals surface area contributed by atoms with Crippen LogP contribution < -0.4 is 0 Å². The van der Waals surface area contributed by atoms with Crippen LogP contribution in [0.2, 0.25) is 0 Å². The van der Waals surface area contributed by atoms with Gasteiger partial charge in [-0.05, 0) is 60.5 Å². The molecule has 0 nitrogen and oxygen atoms in total. The van der Waals surface area contributed by atoms with Gasteiger partial charge in [-0.25, -0.2) is 0 Å². The maximum atomic E-state index is 2.43. The van der Waals surface area contributed by atoms with E-state index in [0.29, 0.717) is 0 Å². The predicted molar refractivity (Wildman–Crippen MR) is 119 cm³/mol. The van der Waals surface area contributed by atoms with Crippen LogP contribution in [0.3, 0.4) is 0 Å². The maximum absolute atomic E-state index is 2.43. The molecule has 2 atom stereocenters. The minimum atomic E-state index is 0.854. The van der Waals surface area contributed by atoms with E-state index >= 15 is 0 Å². The first-order chi connectivity index (χ1) is 12.4. The zero-order chi connectivity index (χ0) is 19.4. The van der Waals surface area contributed by atoms with Gasteiger partial charge in [0.05, 0.1) is 0 Å². The Labute approximate surface area is 165 Å². The van der Waals surface area contributed by atoms with Crippen LogP contribution in [0.25, 0.3) is 0 Å². The van der Waals surface area contributed by atoms with Gasteiger partial charge in [0.2, 0.25) is 0 Å². The Morgan fingerprint density at radius 1 is 0.500 bits per heavy atom. The zero-order valence-electron chi connectivity index (χ0n) is 18.7. The van der Waals surface area contributed by atoms with Crippen molar-refractivity contribution in [3.05, 3.63) is 35.4 Å². The first-order valence-electron chi connectivity index (χ1n) is 11.4. The fourth-order valence-corrected chi connectivity index (χ4v) is 3.74. The summed E-state index contributed by atoms with van der Waals surface area (Å²) < 4.78 is 0. The third-order valence-electron chi connectivity index (χ3n) is 5.83. The van der Waals surface area contributed by atoms with Crippen LogP contribution in [0, 0.1) is 23.7 Å². The molecule has 150 valence electrons.